The van der Waals surface area contributed by atoms with Crippen molar-refractivity contribution < 1.29 is 9.53 Å². The third-order valence-electron chi connectivity index (χ3n) is 4.16. The van der Waals surface area contributed by atoms with Crippen LogP contribution in [0.4, 0.5) is 0 Å². The van der Waals surface area contributed by atoms with Crippen molar-refractivity contribution in [2.45, 2.75) is 13.8 Å². The zero-order valence-corrected chi connectivity index (χ0v) is 17.1. The molecule has 2 heterocycles. The monoisotopic (exact) mass is 464 g/mol. The summed E-state index contributed by atoms with van der Waals surface area (Å²) < 4.78 is 7.02. The quantitative estimate of drug-likeness (QED) is 0.373. The molecule has 0 radical (unpaired) electrons. The van der Waals surface area contributed by atoms with Gasteiger partial charge in [-0.3, -0.25) is 3.97 Å². The molecule has 0 amide bonds. The van der Waals surface area contributed by atoms with E-state index in [1.54, 1.807) is 15.2 Å². The zero-order chi connectivity index (χ0) is 18.1. The molecule has 2 aromatic heterocycles. The molecule has 0 fully saturated rings. The maximum absolute atomic E-state index is 12.1. The highest BCUT2D eigenvalue weighted by molar-refractivity contribution is 14.2. The summed E-state index contributed by atoms with van der Waals surface area (Å²) in [7, 11) is 3.00. The number of rotatable bonds is 4. The maximum atomic E-state index is 12.1. The van der Waals surface area contributed by atoms with E-state index in [1.165, 1.54) is 18.1 Å². The smallest absolute Gasteiger partial charge is 0.340 e. The van der Waals surface area contributed by atoms with Gasteiger partial charge in [-0.2, -0.15) is 0 Å². The highest BCUT2D eigenvalue weighted by atomic mass is 127. The number of esters is 1. The Kier molecular flexibility index (Phi) is 5.19. The van der Waals surface area contributed by atoms with Gasteiger partial charge in [-0.05, 0) is 43.2 Å². The van der Waals surface area contributed by atoms with E-state index in [-0.39, 0.29) is 0 Å². The molecule has 6 heteroatoms. The minimum atomic E-state index is -0.395. The Morgan fingerprint density at radius 1 is 1.36 bits per heavy atom. The van der Waals surface area contributed by atoms with Crippen LogP contribution in [0.15, 0.2) is 37.0 Å². The van der Waals surface area contributed by atoms with Crippen LogP contribution in [0.3, 0.4) is 0 Å². The number of aryl methyl sites for hydroxylation is 2. The number of hydrogen-bond donors (Lipinski definition) is 0. The van der Waals surface area contributed by atoms with E-state index in [1.807, 2.05) is 19.1 Å². The van der Waals surface area contributed by atoms with Crippen LogP contribution < -0.4 is 0 Å². The molecule has 0 N–H and O–H groups in total. The summed E-state index contributed by atoms with van der Waals surface area (Å²) in [6.45, 7) is 7.79. The molecular formula is C19H17IN2O2S. The Bertz CT molecular complexity index is 995. The van der Waals surface area contributed by atoms with Gasteiger partial charge < -0.3 is 4.74 Å². The summed E-state index contributed by atoms with van der Waals surface area (Å²) in [6.07, 6.45) is 3.72. The van der Waals surface area contributed by atoms with Crippen molar-refractivity contribution in [1.29, 1.82) is 0 Å². The number of nitrogens with zero attached hydrogens (tertiary/aromatic N) is 2. The molecule has 4 nitrogen and oxygen atoms in total. The van der Waals surface area contributed by atoms with E-state index in [0.717, 1.165) is 22.3 Å². The van der Waals surface area contributed by atoms with Gasteiger partial charge in [0.2, 0.25) is 0 Å². The number of benzene rings is 1. The Labute approximate surface area is 163 Å². The van der Waals surface area contributed by atoms with Crippen molar-refractivity contribution in [3.63, 3.8) is 0 Å². The maximum Gasteiger partial charge on any atom is 0.340 e. The third kappa shape index (κ3) is 3.08. The molecule has 0 unspecified atom stereocenters. The summed E-state index contributed by atoms with van der Waals surface area (Å²) in [5.41, 5.74) is 6.03. The van der Waals surface area contributed by atoms with E-state index in [2.05, 4.69) is 62.0 Å². The number of pyridine rings is 1. The second-order valence-electron chi connectivity index (χ2n) is 5.69. The lowest BCUT2D eigenvalue weighted by atomic mass is 9.99. The van der Waals surface area contributed by atoms with Crippen molar-refractivity contribution in [3.8, 4) is 11.3 Å². The lowest BCUT2D eigenvalue weighted by Gasteiger charge is -2.12. The van der Waals surface area contributed by atoms with Gasteiger partial charge in [0.1, 0.15) is 0 Å². The Balaban J connectivity index is 2.29. The van der Waals surface area contributed by atoms with E-state index in [4.69, 9.17) is 4.74 Å². The second kappa shape index (κ2) is 7.21. The average molecular weight is 464 g/mol. The molecule has 25 heavy (non-hydrogen) atoms. The number of carbonyl (C=O) groups excluding carboxylic acids is 1. The lowest BCUT2D eigenvalue weighted by Crippen LogP contribution is -2.08. The minimum Gasteiger partial charge on any atom is -0.465 e. The van der Waals surface area contributed by atoms with Gasteiger partial charge in [0, 0.05) is 47.5 Å². The standard InChI is InChI=1S/C19H17IN2O2S/c1-5-14-18(19(23)24-4)11(2)9-15(21-14)13-7-6-8-16-17(13)12(3)10-22(16)25-20/h5-10H,1H2,2-4H3. The first-order valence-corrected chi connectivity index (χ1v) is 11.0. The van der Waals surface area contributed by atoms with Crippen LogP contribution in [-0.2, 0) is 4.74 Å². The van der Waals surface area contributed by atoms with Crippen LogP contribution in [0.2, 0.25) is 0 Å². The van der Waals surface area contributed by atoms with Crippen LogP contribution in [0, 0.1) is 13.8 Å². The fourth-order valence-electron chi connectivity index (χ4n) is 3.07. The number of carbonyl (C=O) groups is 1. The van der Waals surface area contributed by atoms with Gasteiger partial charge in [-0.1, -0.05) is 18.7 Å². The van der Waals surface area contributed by atoms with Crippen molar-refractivity contribution in [1.82, 2.24) is 8.96 Å². The molecule has 0 aliphatic carbocycles. The number of methoxy groups -OCH3 is 1. The normalized spacial score (nSPS) is 10.9. The lowest BCUT2D eigenvalue weighted by molar-refractivity contribution is 0.0599. The average Bonchev–Trinajstić information content (AvgIpc) is 2.96. The summed E-state index contributed by atoms with van der Waals surface area (Å²) >= 11 is 2.27. The topological polar surface area (TPSA) is 44.1 Å². The zero-order valence-electron chi connectivity index (χ0n) is 14.2. The number of ether oxygens (including phenoxy) is 1. The van der Waals surface area contributed by atoms with E-state index in [9.17, 15) is 4.79 Å². The SMILES string of the molecule is C=Cc1nc(-c2cccc3c2c(C)cn3SI)cc(C)c1C(=O)OC. The van der Waals surface area contributed by atoms with E-state index >= 15 is 0 Å². The van der Waals surface area contributed by atoms with E-state index in [0.29, 0.717) is 11.3 Å². The molecular weight excluding hydrogens is 447 g/mol. The van der Waals surface area contributed by atoms with Gasteiger partial charge in [0.05, 0.1) is 29.6 Å². The molecule has 3 rings (SSSR count). The molecule has 128 valence electrons. The summed E-state index contributed by atoms with van der Waals surface area (Å²) in [6, 6.07) is 8.12. The second-order valence-corrected chi connectivity index (χ2v) is 7.40. The van der Waals surface area contributed by atoms with Crippen LogP contribution in [-0.4, -0.2) is 22.0 Å². The van der Waals surface area contributed by atoms with Gasteiger partial charge >= 0.3 is 5.97 Å². The molecule has 0 aliphatic rings. The fraction of sp³-hybridized carbons (Fsp3) is 0.158. The minimum absolute atomic E-state index is 0.395. The predicted octanol–water partition coefficient (Wildman–Crippen LogP) is 5.60. The van der Waals surface area contributed by atoms with Gasteiger partial charge in [0.15, 0.2) is 0 Å². The van der Waals surface area contributed by atoms with Crippen molar-refractivity contribution in [2.75, 3.05) is 7.11 Å². The van der Waals surface area contributed by atoms with E-state index < -0.39 is 5.97 Å². The molecule has 0 spiro atoms. The third-order valence-corrected chi connectivity index (χ3v) is 5.89. The molecule has 3 aromatic rings. The molecule has 1 aromatic carbocycles. The first-order valence-electron chi connectivity index (χ1n) is 7.64. The first-order chi connectivity index (χ1) is 12.0. The fourth-order valence-corrected chi connectivity index (χ4v) is 4.47. The molecule has 0 saturated heterocycles. The Morgan fingerprint density at radius 3 is 2.76 bits per heavy atom. The van der Waals surface area contributed by atoms with Crippen LogP contribution in [0.25, 0.3) is 28.2 Å². The molecule has 0 bridgehead atoms. The highest BCUT2D eigenvalue weighted by Gasteiger charge is 2.18. The van der Waals surface area contributed by atoms with Gasteiger partial charge in [-0.25, -0.2) is 9.78 Å². The molecule has 0 atom stereocenters. The molecule has 0 saturated carbocycles. The molecule has 0 aliphatic heterocycles. The van der Waals surface area contributed by atoms with Gasteiger partial charge in [-0.15, -0.1) is 0 Å². The van der Waals surface area contributed by atoms with Gasteiger partial charge in [0.25, 0.3) is 0 Å². The highest BCUT2D eigenvalue weighted by Crippen LogP contribution is 2.35. The summed E-state index contributed by atoms with van der Waals surface area (Å²) in [5.74, 6) is -0.395. The van der Waals surface area contributed by atoms with Crippen LogP contribution in [0.1, 0.15) is 27.2 Å². The van der Waals surface area contributed by atoms with Crippen LogP contribution >= 0.6 is 30.3 Å². The van der Waals surface area contributed by atoms with Crippen molar-refractivity contribution >= 4 is 53.3 Å². The Hall–Kier alpha value is -1.80. The van der Waals surface area contributed by atoms with Crippen LogP contribution in [0.5, 0.6) is 0 Å². The first kappa shape index (κ1) is 18.0. The van der Waals surface area contributed by atoms with Crippen molar-refractivity contribution in [3.05, 3.63) is 59.4 Å². The number of fused-ring (bicyclic) bond motifs is 1. The number of halogens is 1. The largest absolute Gasteiger partial charge is 0.465 e. The summed E-state index contributed by atoms with van der Waals surface area (Å²) in [4.78, 5) is 16.7. The summed E-state index contributed by atoms with van der Waals surface area (Å²) in [5, 5.41) is 1.17. The van der Waals surface area contributed by atoms with Crippen molar-refractivity contribution in [2.24, 2.45) is 0 Å². The Morgan fingerprint density at radius 2 is 2.12 bits per heavy atom. The number of aromatic nitrogens is 2. The number of hydrogen-bond acceptors (Lipinski definition) is 4. The predicted molar refractivity (Wildman–Crippen MR) is 113 cm³/mol.